The summed E-state index contributed by atoms with van der Waals surface area (Å²) in [6, 6.07) is 4.90. The molecule has 0 fully saturated rings. The van der Waals surface area contributed by atoms with Gasteiger partial charge in [-0.2, -0.15) is 0 Å². The van der Waals surface area contributed by atoms with E-state index in [1.54, 1.807) is 18.2 Å². The number of hydrogen-bond donors (Lipinski definition) is 1. The lowest BCUT2D eigenvalue weighted by Crippen LogP contribution is -2.02. The molecule has 15 heavy (non-hydrogen) atoms. The Balaban J connectivity index is 2.40. The van der Waals surface area contributed by atoms with E-state index in [0.29, 0.717) is 28.8 Å². The molecule has 0 aromatic heterocycles. The van der Waals surface area contributed by atoms with Gasteiger partial charge in [-0.1, -0.05) is 23.2 Å². The van der Waals surface area contributed by atoms with E-state index >= 15 is 0 Å². The predicted octanol–water partition coefficient (Wildman–Crippen LogP) is 3.24. The van der Waals surface area contributed by atoms with Crippen LogP contribution < -0.4 is 4.74 Å². The zero-order chi connectivity index (χ0) is 11.3. The number of carboxylic acids is 1. The van der Waals surface area contributed by atoms with Crippen LogP contribution in [-0.4, -0.2) is 17.7 Å². The molecule has 1 rings (SSSR count). The fraction of sp³-hybridized carbons (Fsp3) is 0.300. The predicted molar refractivity (Wildman–Crippen MR) is 58.8 cm³/mol. The second-order valence-electron chi connectivity index (χ2n) is 2.92. The van der Waals surface area contributed by atoms with E-state index in [1.165, 1.54) is 0 Å². The summed E-state index contributed by atoms with van der Waals surface area (Å²) in [5, 5.41) is 9.37. The molecule has 0 bridgehead atoms. The van der Waals surface area contributed by atoms with Crippen molar-refractivity contribution in [2.24, 2.45) is 0 Å². The van der Waals surface area contributed by atoms with Crippen molar-refractivity contribution in [3.63, 3.8) is 0 Å². The van der Waals surface area contributed by atoms with Crippen molar-refractivity contribution in [1.29, 1.82) is 0 Å². The van der Waals surface area contributed by atoms with Gasteiger partial charge < -0.3 is 9.84 Å². The van der Waals surface area contributed by atoms with Crippen LogP contribution in [0.5, 0.6) is 5.75 Å². The molecule has 0 unspecified atom stereocenters. The lowest BCUT2D eigenvalue weighted by Gasteiger charge is -2.06. The summed E-state index contributed by atoms with van der Waals surface area (Å²) < 4.78 is 5.29. The number of ether oxygens (including phenoxy) is 1. The van der Waals surface area contributed by atoms with Crippen LogP contribution in [0.1, 0.15) is 12.8 Å². The Kier molecular flexibility index (Phi) is 4.72. The molecule has 5 heteroatoms. The molecule has 0 saturated carbocycles. The van der Waals surface area contributed by atoms with Crippen molar-refractivity contribution in [3.8, 4) is 5.75 Å². The first-order valence-electron chi connectivity index (χ1n) is 4.39. The Morgan fingerprint density at radius 2 is 2.13 bits per heavy atom. The third-order valence-electron chi connectivity index (χ3n) is 1.69. The molecule has 1 aromatic rings. The molecule has 0 aliphatic heterocycles. The van der Waals surface area contributed by atoms with Gasteiger partial charge in [0, 0.05) is 11.4 Å². The largest absolute Gasteiger partial charge is 0.492 e. The molecule has 0 heterocycles. The van der Waals surface area contributed by atoms with Crippen LogP contribution in [-0.2, 0) is 4.79 Å². The smallest absolute Gasteiger partial charge is 0.303 e. The van der Waals surface area contributed by atoms with E-state index in [1.807, 2.05) is 0 Å². The van der Waals surface area contributed by atoms with Crippen molar-refractivity contribution >= 4 is 29.2 Å². The molecule has 0 spiro atoms. The average molecular weight is 255 g/mol. The second-order valence-corrected chi connectivity index (χ2v) is 3.76. The molecule has 82 valence electrons. The van der Waals surface area contributed by atoms with Gasteiger partial charge >= 0.3 is 5.97 Å². The first-order chi connectivity index (χ1) is 7.09. The Bertz CT molecular complexity index is 353. The Hall–Kier alpha value is -0.930. The summed E-state index contributed by atoms with van der Waals surface area (Å²) in [6.45, 7) is 0.327. The monoisotopic (exact) mass is 254 g/mol. The molecule has 0 saturated heterocycles. The molecule has 1 N–H and O–H groups in total. The van der Waals surface area contributed by atoms with Gasteiger partial charge in [-0.05, 0) is 24.6 Å². The number of carboxylic acid groups (broad SMARTS) is 1. The first-order valence-corrected chi connectivity index (χ1v) is 5.15. The number of halogens is 2. The van der Waals surface area contributed by atoms with Crippen LogP contribution in [0.2, 0.25) is 10.0 Å². The second kappa shape index (κ2) is 5.83. The third-order valence-corrected chi connectivity index (χ3v) is 2.22. The van der Waals surface area contributed by atoms with E-state index in [-0.39, 0.29) is 6.42 Å². The van der Waals surface area contributed by atoms with Gasteiger partial charge in [-0.25, -0.2) is 0 Å². The molecule has 0 aliphatic rings. The van der Waals surface area contributed by atoms with Crippen LogP contribution in [0.4, 0.5) is 0 Å². The van der Waals surface area contributed by atoms with E-state index in [0.717, 1.165) is 0 Å². The average Bonchev–Trinajstić information content (AvgIpc) is 2.14. The Labute approximate surface area is 97.6 Å². The fourth-order valence-electron chi connectivity index (χ4n) is 0.998. The Morgan fingerprint density at radius 3 is 2.73 bits per heavy atom. The van der Waals surface area contributed by atoms with Crippen molar-refractivity contribution in [2.45, 2.75) is 12.8 Å². The maximum Gasteiger partial charge on any atom is 0.303 e. The lowest BCUT2D eigenvalue weighted by atomic mass is 10.3. The number of hydrogen-bond acceptors (Lipinski definition) is 2. The first kappa shape index (κ1) is 12.1. The summed E-state index contributed by atoms with van der Waals surface area (Å²) >= 11 is 11.5. The molecular weight excluding hydrogens is 245 g/mol. The van der Waals surface area contributed by atoms with Crippen LogP contribution in [0.25, 0.3) is 0 Å². The van der Waals surface area contributed by atoms with Crippen molar-refractivity contribution in [2.75, 3.05) is 6.61 Å². The maximum absolute atomic E-state index is 10.2. The van der Waals surface area contributed by atoms with Crippen molar-refractivity contribution in [3.05, 3.63) is 28.2 Å². The minimum Gasteiger partial charge on any atom is -0.492 e. The molecule has 0 radical (unpaired) electrons. The summed E-state index contributed by atoms with van der Waals surface area (Å²) in [7, 11) is 0. The van der Waals surface area contributed by atoms with Crippen LogP contribution in [0.15, 0.2) is 18.2 Å². The van der Waals surface area contributed by atoms with Crippen LogP contribution in [0, 0.1) is 0 Å². The van der Waals surface area contributed by atoms with Crippen LogP contribution in [0.3, 0.4) is 0 Å². The van der Waals surface area contributed by atoms with Crippen molar-refractivity contribution < 1.29 is 14.6 Å². The minimum absolute atomic E-state index is 0.0885. The maximum atomic E-state index is 10.2. The third kappa shape index (κ3) is 4.40. The van der Waals surface area contributed by atoms with Gasteiger partial charge in [0.05, 0.1) is 11.6 Å². The Morgan fingerprint density at radius 1 is 1.40 bits per heavy atom. The van der Waals surface area contributed by atoms with Gasteiger partial charge in [0.2, 0.25) is 0 Å². The highest BCUT2D eigenvalue weighted by atomic mass is 35.5. The van der Waals surface area contributed by atoms with Gasteiger partial charge in [-0.15, -0.1) is 0 Å². The fourth-order valence-corrected chi connectivity index (χ4v) is 1.46. The minimum atomic E-state index is -0.833. The quantitative estimate of drug-likeness (QED) is 0.821. The van der Waals surface area contributed by atoms with Gasteiger partial charge in [0.25, 0.3) is 0 Å². The molecule has 0 amide bonds. The van der Waals surface area contributed by atoms with Gasteiger partial charge in [0.1, 0.15) is 5.75 Å². The highest BCUT2D eigenvalue weighted by Gasteiger charge is 2.02. The van der Waals surface area contributed by atoms with Crippen molar-refractivity contribution in [1.82, 2.24) is 0 Å². The zero-order valence-corrected chi connectivity index (χ0v) is 9.38. The molecule has 0 aliphatic carbocycles. The lowest BCUT2D eigenvalue weighted by molar-refractivity contribution is -0.137. The highest BCUT2D eigenvalue weighted by molar-refractivity contribution is 6.35. The summed E-state index contributed by atoms with van der Waals surface area (Å²) in [6.07, 6.45) is 0.541. The molecule has 3 nitrogen and oxygen atoms in total. The van der Waals surface area contributed by atoms with E-state index in [2.05, 4.69) is 0 Å². The summed E-state index contributed by atoms with van der Waals surface area (Å²) in [4.78, 5) is 10.2. The van der Waals surface area contributed by atoms with E-state index < -0.39 is 5.97 Å². The van der Waals surface area contributed by atoms with E-state index in [4.69, 9.17) is 33.0 Å². The normalized spacial score (nSPS) is 10.0. The molecule has 0 atom stereocenters. The standard InChI is InChI=1S/C10H10Cl2O3/c11-7-3-4-9(8(12)6-7)15-5-1-2-10(13)14/h3-4,6H,1-2,5H2,(H,13,14)/i3+1,4+1,6+1,7+1,8+1,9+1. The number of benzene rings is 1. The number of aliphatic carboxylic acids is 1. The topological polar surface area (TPSA) is 46.5 Å². The number of carbonyl (C=O) groups is 1. The molecule has 1 aromatic carbocycles. The van der Waals surface area contributed by atoms with Gasteiger partial charge in [-0.3, -0.25) is 4.79 Å². The summed E-state index contributed by atoms with van der Waals surface area (Å²) in [5.74, 6) is -0.313. The van der Waals surface area contributed by atoms with Gasteiger partial charge in [0.15, 0.2) is 0 Å². The molecular formula is C10H10Cl2O3. The highest BCUT2D eigenvalue weighted by Crippen LogP contribution is 2.27. The number of rotatable bonds is 5. The zero-order valence-electron chi connectivity index (χ0n) is 7.87. The summed E-state index contributed by atoms with van der Waals surface area (Å²) in [5.41, 5.74) is 0. The van der Waals surface area contributed by atoms with E-state index in [9.17, 15) is 4.79 Å². The SMILES string of the molecule is O=C(O)CCCO[13c]1[13cH][13cH][13c](Cl)[13cH][13c]1Cl. The van der Waals surface area contributed by atoms with Crippen LogP contribution >= 0.6 is 23.2 Å².